The van der Waals surface area contributed by atoms with E-state index >= 15 is 0 Å². The zero-order valence-corrected chi connectivity index (χ0v) is 19.2. The third-order valence-electron chi connectivity index (χ3n) is 5.44. The van der Waals surface area contributed by atoms with Crippen molar-refractivity contribution < 1.29 is 9.21 Å². The minimum Gasteiger partial charge on any atom is -0.421 e. The predicted octanol–water partition coefficient (Wildman–Crippen LogP) is 6.72. The van der Waals surface area contributed by atoms with Gasteiger partial charge >= 0.3 is 5.63 Å². The van der Waals surface area contributed by atoms with E-state index in [0.717, 1.165) is 30.2 Å². The number of carbonyl (C=O) groups excluding carboxylic acids is 1. The Labute approximate surface area is 182 Å². The number of hydrogen-bond acceptors (Lipinski definition) is 3. The van der Waals surface area contributed by atoms with Crippen LogP contribution in [0.5, 0.6) is 0 Å². The minimum atomic E-state index is -0.596. The van der Waals surface area contributed by atoms with Gasteiger partial charge in [0.15, 0.2) is 5.58 Å². The lowest BCUT2D eigenvalue weighted by Crippen LogP contribution is -2.37. The van der Waals surface area contributed by atoms with E-state index < -0.39 is 5.63 Å². The molecular formula is C22H27Br2NO3. The molecule has 3 rings (SSSR count). The molecule has 1 saturated carbocycles. The fraction of sp³-hybridized carbons (Fsp3) is 0.545. The van der Waals surface area contributed by atoms with Gasteiger partial charge in [-0.2, -0.15) is 0 Å². The Morgan fingerprint density at radius 1 is 0.893 bits per heavy atom. The molecule has 152 valence electrons. The number of rotatable bonds is 2. The molecule has 1 aliphatic carbocycles. The summed E-state index contributed by atoms with van der Waals surface area (Å²) in [6.07, 6.45) is 13.2. The van der Waals surface area contributed by atoms with Crippen LogP contribution in [0.25, 0.3) is 11.0 Å². The topological polar surface area (TPSA) is 59.3 Å². The first kappa shape index (κ1) is 21.6. The summed E-state index contributed by atoms with van der Waals surface area (Å²) in [5, 5.41) is 3.81. The van der Waals surface area contributed by atoms with Gasteiger partial charge in [-0.25, -0.2) is 4.79 Å². The molecule has 0 atom stereocenters. The third kappa shape index (κ3) is 5.93. The van der Waals surface area contributed by atoms with Gasteiger partial charge in [-0.3, -0.25) is 4.79 Å². The van der Waals surface area contributed by atoms with Gasteiger partial charge in [-0.05, 0) is 47.0 Å². The number of nitrogens with one attached hydrogen (secondary N) is 1. The second kappa shape index (κ2) is 10.6. The fourth-order valence-corrected chi connectivity index (χ4v) is 5.23. The molecule has 1 heterocycles. The first-order valence-electron chi connectivity index (χ1n) is 10.3. The lowest BCUT2D eigenvalue weighted by Gasteiger charge is -2.19. The fourth-order valence-electron chi connectivity index (χ4n) is 3.89. The second-order valence-corrected chi connectivity index (χ2v) is 9.45. The molecule has 1 aromatic carbocycles. The molecule has 6 heteroatoms. The van der Waals surface area contributed by atoms with E-state index in [4.69, 9.17) is 4.42 Å². The summed E-state index contributed by atoms with van der Waals surface area (Å²) in [7, 11) is 0. The van der Waals surface area contributed by atoms with E-state index in [2.05, 4.69) is 37.2 Å². The second-order valence-electron chi connectivity index (χ2n) is 7.68. The Bertz CT molecular complexity index is 866. The van der Waals surface area contributed by atoms with Gasteiger partial charge < -0.3 is 9.73 Å². The molecule has 0 spiro atoms. The molecule has 1 fully saturated rings. The standard InChI is InChI=1S/C22H27Br2NO3/c23-16-12-15-13-18(22(27)28-20(15)19(24)14-16)21(26)25-17-10-8-6-4-2-1-3-5-7-9-11-17/h12-14,17H,1-11H2,(H,25,26). The zero-order chi connectivity index (χ0) is 19.9. The lowest BCUT2D eigenvalue weighted by molar-refractivity contribution is 0.0928. The van der Waals surface area contributed by atoms with Gasteiger partial charge in [0.05, 0.1) is 4.47 Å². The highest BCUT2D eigenvalue weighted by Crippen LogP contribution is 2.28. The van der Waals surface area contributed by atoms with Crippen LogP contribution in [0.4, 0.5) is 0 Å². The van der Waals surface area contributed by atoms with Gasteiger partial charge in [0.25, 0.3) is 5.91 Å². The molecular weight excluding hydrogens is 486 g/mol. The summed E-state index contributed by atoms with van der Waals surface area (Å²) in [6, 6.07) is 5.41. The molecule has 28 heavy (non-hydrogen) atoms. The highest BCUT2D eigenvalue weighted by atomic mass is 79.9. The molecule has 4 nitrogen and oxygen atoms in total. The number of benzene rings is 1. The third-order valence-corrected chi connectivity index (χ3v) is 6.48. The van der Waals surface area contributed by atoms with Crippen LogP contribution in [-0.2, 0) is 0 Å². The average Bonchev–Trinajstić information content (AvgIpc) is 2.64. The van der Waals surface area contributed by atoms with Crippen LogP contribution in [0.3, 0.4) is 0 Å². The number of hydrogen-bond donors (Lipinski definition) is 1. The molecule has 1 amide bonds. The van der Waals surface area contributed by atoms with E-state index in [1.54, 1.807) is 6.07 Å². The quantitative estimate of drug-likeness (QED) is 0.454. The van der Waals surface area contributed by atoms with Gasteiger partial charge in [-0.1, -0.05) is 73.7 Å². The van der Waals surface area contributed by atoms with Crippen LogP contribution in [-0.4, -0.2) is 11.9 Å². The molecule has 0 radical (unpaired) electrons. The number of halogens is 2. The Morgan fingerprint density at radius 2 is 1.46 bits per heavy atom. The van der Waals surface area contributed by atoms with Crippen LogP contribution in [0.15, 0.2) is 36.4 Å². The maximum atomic E-state index is 12.8. The van der Waals surface area contributed by atoms with Crippen molar-refractivity contribution in [3.63, 3.8) is 0 Å². The SMILES string of the molecule is O=C(NC1CCCCCCCCCCC1)c1cc2cc(Br)cc(Br)c2oc1=O. The Kier molecular flexibility index (Phi) is 8.15. The van der Waals surface area contributed by atoms with E-state index in [1.807, 2.05) is 12.1 Å². The summed E-state index contributed by atoms with van der Waals surface area (Å²) in [5.41, 5.74) is -0.0689. The lowest BCUT2D eigenvalue weighted by atomic mass is 9.97. The Balaban J connectivity index is 1.74. The summed E-state index contributed by atoms with van der Waals surface area (Å²) in [5.74, 6) is -0.330. The van der Waals surface area contributed by atoms with E-state index in [9.17, 15) is 9.59 Å². The maximum absolute atomic E-state index is 12.8. The van der Waals surface area contributed by atoms with Crippen LogP contribution in [0.2, 0.25) is 0 Å². The largest absolute Gasteiger partial charge is 0.421 e. The van der Waals surface area contributed by atoms with Crippen LogP contribution in [0, 0.1) is 0 Å². The van der Waals surface area contributed by atoms with Crippen molar-refractivity contribution in [2.75, 3.05) is 0 Å². The minimum absolute atomic E-state index is 0.0728. The van der Waals surface area contributed by atoms with Crippen molar-refractivity contribution in [2.45, 2.75) is 76.7 Å². The molecule has 0 saturated heterocycles. The molecule has 0 bridgehead atoms. The number of fused-ring (bicyclic) bond motifs is 1. The smallest absolute Gasteiger partial charge is 0.349 e. The van der Waals surface area contributed by atoms with Crippen molar-refractivity contribution in [1.29, 1.82) is 0 Å². The van der Waals surface area contributed by atoms with Crippen LogP contribution in [0.1, 0.15) is 81.0 Å². The van der Waals surface area contributed by atoms with E-state index in [1.165, 1.54) is 44.9 Å². The summed E-state index contributed by atoms with van der Waals surface area (Å²) in [6.45, 7) is 0. The molecule has 1 aromatic heterocycles. The number of amides is 1. The van der Waals surface area contributed by atoms with Crippen molar-refractivity contribution >= 4 is 48.7 Å². The summed E-state index contributed by atoms with van der Waals surface area (Å²) >= 11 is 6.84. The summed E-state index contributed by atoms with van der Waals surface area (Å²) < 4.78 is 6.95. The van der Waals surface area contributed by atoms with E-state index in [-0.39, 0.29) is 17.5 Å². The first-order valence-corrected chi connectivity index (χ1v) is 11.9. The molecule has 0 aliphatic heterocycles. The van der Waals surface area contributed by atoms with Crippen LogP contribution >= 0.6 is 31.9 Å². The van der Waals surface area contributed by atoms with Gasteiger partial charge in [0.2, 0.25) is 0 Å². The van der Waals surface area contributed by atoms with E-state index in [0.29, 0.717) is 15.4 Å². The van der Waals surface area contributed by atoms with Crippen molar-refractivity contribution in [2.24, 2.45) is 0 Å². The van der Waals surface area contributed by atoms with Gasteiger partial charge in [-0.15, -0.1) is 0 Å². The molecule has 2 aromatic rings. The normalized spacial score (nSPS) is 17.6. The average molecular weight is 513 g/mol. The summed E-state index contributed by atoms with van der Waals surface area (Å²) in [4.78, 5) is 25.2. The van der Waals surface area contributed by atoms with Gasteiger partial charge in [0, 0.05) is 15.9 Å². The first-order chi connectivity index (χ1) is 13.5. The van der Waals surface area contributed by atoms with Crippen molar-refractivity contribution in [3.05, 3.63) is 43.1 Å². The maximum Gasteiger partial charge on any atom is 0.349 e. The number of carbonyl (C=O) groups is 1. The molecule has 1 N–H and O–H groups in total. The zero-order valence-electron chi connectivity index (χ0n) is 16.1. The Hall–Kier alpha value is -1.14. The van der Waals surface area contributed by atoms with Crippen molar-refractivity contribution in [3.8, 4) is 0 Å². The Morgan fingerprint density at radius 3 is 2.07 bits per heavy atom. The van der Waals surface area contributed by atoms with Gasteiger partial charge in [0.1, 0.15) is 5.56 Å². The molecule has 0 unspecified atom stereocenters. The van der Waals surface area contributed by atoms with Crippen LogP contribution < -0.4 is 10.9 Å². The molecule has 1 aliphatic rings. The highest BCUT2D eigenvalue weighted by molar-refractivity contribution is 9.11. The van der Waals surface area contributed by atoms with Crippen molar-refractivity contribution in [1.82, 2.24) is 5.32 Å². The highest BCUT2D eigenvalue weighted by Gasteiger charge is 2.19. The predicted molar refractivity (Wildman–Crippen MR) is 120 cm³/mol. The monoisotopic (exact) mass is 511 g/mol.